The molecule has 8 heteroatoms. The molecule has 1 saturated heterocycles. The summed E-state index contributed by atoms with van der Waals surface area (Å²) in [6.07, 6.45) is 4.82. The summed E-state index contributed by atoms with van der Waals surface area (Å²) in [7, 11) is -0.839. The highest BCUT2D eigenvalue weighted by Gasteiger charge is 2.42. The van der Waals surface area contributed by atoms with Crippen molar-refractivity contribution in [1.82, 2.24) is 4.72 Å². The minimum Gasteiger partial charge on any atom is -0.497 e. The van der Waals surface area contributed by atoms with Gasteiger partial charge in [0.25, 0.3) is 0 Å². The van der Waals surface area contributed by atoms with Crippen LogP contribution in [0.5, 0.6) is 11.5 Å². The summed E-state index contributed by atoms with van der Waals surface area (Å²) in [5, 5.41) is 0. The Balaban J connectivity index is 1.66. The fraction of sp³-hybridized carbons (Fsp3) is 0.647. The second kappa shape index (κ2) is 7.49. The van der Waals surface area contributed by atoms with Crippen LogP contribution in [0.15, 0.2) is 23.1 Å². The van der Waals surface area contributed by atoms with Gasteiger partial charge in [-0.25, -0.2) is 13.1 Å². The quantitative estimate of drug-likeness (QED) is 0.824. The molecule has 0 unspecified atom stereocenters. The molecule has 0 aromatic heterocycles. The molecule has 2 aliphatic rings. The SMILES string of the molecule is COc1ccc(OC)c(S(=O)(=O)NC[C@@H]2COC3(CCCCC3)O2)c1. The molecule has 0 amide bonds. The maximum Gasteiger partial charge on any atom is 0.244 e. The van der Waals surface area contributed by atoms with Gasteiger partial charge in [-0.2, -0.15) is 0 Å². The van der Waals surface area contributed by atoms with E-state index in [4.69, 9.17) is 18.9 Å². The van der Waals surface area contributed by atoms with Gasteiger partial charge in [-0.1, -0.05) is 6.42 Å². The third-order valence-electron chi connectivity index (χ3n) is 4.69. The molecule has 0 bridgehead atoms. The number of rotatable bonds is 6. The van der Waals surface area contributed by atoms with Crippen molar-refractivity contribution in [1.29, 1.82) is 0 Å². The third kappa shape index (κ3) is 4.08. The number of benzene rings is 1. The number of hydrogen-bond donors (Lipinski definition) is 1. The van der Waals surface area contributed by atoms with Crippen LogP contribution < -0.4 is 14.2 Å². The molecule has 7 nitrogen and oxygen atoms in total. The summed E-state index contributed by atoms with van der Waals surface area (Å²) in [5.74, 6) is 0.200. The van der Waals surface area contributed by atoms with E-state index in [1.807, 2.05) is 0 Å². The van der Waals surface area contributed by atoms with Gasteiger partial charge < -0.3 is 18.9 Å². The van der Waals surface area contributed by atoms with Crippen LogP contribution in [0.3, 0.4) is 0 Å². The Bertz CT molecular complexity index is 699. The van der Waals surface area contributed by atoms with E-state index in [1.54, 1.807) is 12.1 Å². The second-order valence-electron chi connectivity index (χ2n) is 6.39. The first kappa shape index (κ1) is 18.4. The van der Waals surface area contributed by atoms with E-state index in [0.29, 0.717) is 12.4 Å². The molecule has 1 spiro atoms. The van der Waals surface area contributed by atoms with Crippen molar-refractivity contribution >= 4 is 10.0 Å². The topological polar surface area (TPSA) is 83.1 Å². The van der Waals surface area contributed by atoms with Crippen LogP contribution in [-0.2, 0) is 19.5 Å². The summed E-state index contributed by atoms with van der Waals surface area (Å²) in [6.45, 7) is 0.558. The lowest BCUT2D eigenvalue weighted by atomic mass is 9.94. The van der Waals surface area contributed by atoms with Crippen LogP contribution in [-0.4, -0.2) is 47.7 Å². The van der Waals surface area contributed by atoms with E-state index in [0.717, 1.165) is 25.7 Å². The average molecular weight is 371 g/mol. The number of sulfonamides is 1. The second-order valence-corrected chi connectivity index (χ2v) is 8.13. The highest BCUT2D eigenvalue weighted by atomic mass is 32.2. The van der Waals surface area contributed by atoms with Crippen molar-refractivity contribution in [3.63, 3.8) is 0 Å². The van der Waals surface area contributed by atoms with E-state index < -0.39 is 15.8 Å². The van der Waals surface area contributed by atoms with E-state index in [-0.39, 0.29) is 23.3 Å². The number of nitrogens with one attached hydrogen (secondary N) is 1. The van der Waals surface area contributed by atoms with Crippen molar-refractivity contribution in [3.8, 4) is 11.5 Å². The molecule has 2 fully saturated rings. The summed E-state index contributed by atoms with van der Waals surface area (Å²) in [6, 6.07) is 4.66. The first-order valence-corrected chi connectivity index (χ1v) is 10.00. The summed E-state index contributed by atoms with van der Waals surface area (Å²) in [4.78, 5) is 0.0423. The van der Waals surface area contributed by atoms with Crippen LogP contribution in [0, 0.1) is 0 Å². The molecule has 1 N–H and O–H groups in total. The molecule has 140 valence electrons. The molecule has 1 aromatic rings. The molecule has 0 radical (unpaired) electrons. The van der Waals surface area contributed by atoms with Crippen molar-refractivity contribution in [2.45, 2.75) is 48.9 Å². The molecule has 1 aromatic carbocycles. The monoisotopic (exact) mass is 371 g/mol. The van der Waals surface area contributed by atoms with E-state index >= 15 is 0 Å². The molecular weight excluding hydrogens is 346 g/mol. The summed E-state index contributed by atoms with van der Waals surface area (Å²) in [5.41, 5.74) is 0. The standard InChI is InChI=1S/C17H25NO6S/c1-21-13-6-7-15(22-2)16(10-13)25(19,20)18-11-14-12-23-17(24-14)8-4-3-5-9-17/h6-7,10,14,18H,3-5,8-9,11-12H2,1-2H3/t14-/m1/s1. The highest BCUT2D eigenvalue weighted by molar-refractivity contribution is 7.89. The van der Waals surface area contributed by atoms with Gasteiger partial charge in [-0.05, 0) is 25.0 Å². The molecule has 3 rings (SSSR count). The first-order valence-electron chi connectivity index (χ1n) is 8.51. The van der Waals surface area contributed by atoms with E-state index in [1.165, 1.54) is 26.7 Å². The van der Waals surface area contributed by atoms with Crippen LogP contribution in [0.1, 0.15) is 32.1 Å². The molecule has 25 heavy (non-hydrogen) atoms. The Kier molecular flexibility index (Phi) is 5.52. The molecule has 1 heterocycles. The van der Waals surface area contributed by atoms with Gasteiger partial charge in [0.2, 0.25) is 10.0 Å². The summed E-state index contributed by atoms with van der Waals surface area (Å²) < 4.78 is 50.1. The lowest BCUT2D eigenvalue weighted by Gasteiger charge is -2.31. The molecule has 1 aliphatic carbocycles. The minimum absolute atomic E-state index is 0.0423. The van der Waals surface area contributed by atoms with Crippen molar-refractivity contribution < 1.29 is 27.4 Å². The first-order chi connectivity index (χ1) is 12.0. The van der Waals surface area contributed by atoms with Gasteiger partial charge in [0.15, 0.2) is 5.79 Å². The van der Waals surface area contributed by atoms with Crippen LogP contribution in [0.2, 0.25) is 0 Å². The highest BCUT2D eigenvalue weighted by Crippen LogP contribution is 2.37. The number of ether oxygens (including phenoxy) is 4. The lowest BCUT2D eigenvalue weighted by molar-refractivity contribution is -0.186. The molecule has 1 atom stereocenters. The number of hydrogen-bond acceptors (Lipinski definition) is 6. The fourth-order valence-electron chi connectivity index (χ4n) is 3.34. The Morgan fingerprint density at radius 1 is 1.20 bits per heavy atom. The average Bonchev–Trinajstić information content (AvgIpc) is 3.02. The lowest BCUT2D eigenvalue weighted by Crippen LogP contribution is -2.37. The van der Waals surface area contributed by atoms with Crippen LogP contribution in [0.4, 0.5) is 0 Å². The van der Waals surface area contributed by atoms with Crippen molar-refractivity contribution in [2.24, 2.45) is 0 Å². The molecular formula is C17H25NO6S. The third-order valence-corrected chi connectivity index (χ3v) is 6.14. The zero-order valence-electron chi connectivity index (χ0n) is 14.6. The summed E-state index contributed by atoms with van der Waals surface area (Å²) >= 11 is 0. The maximum absolute atomic E-state index is 12.7. The van der Waals surface area contributed by atoms with Crippen LogP contribution >= 0.6 is 0 Å². The Morgan fingerprint density at radius 3 is 2.64 bits per heavy atom. The van der Waals surface area contributed by atoms with Crippen LogP contribution in [0.25, 0.3) is 0 Å². The zero-order chi connectivity index (χ0) is 17.9. The predicted molar refractivity (Wildman–Crippen MR) is 91.4 cm³/mol. The van der Waals surface area contributed by atoms with Gasteiger partial charge in [0.05, 0.1) is 26.9 Å². The van der Waals surface area contributed by atoms with Gasteiger partial charge in [-0.15, -0.1) is 0 Å². The van der Waals surface area contributed by atoms with E-state index in [9.17, 15) is 8.42 Å². The number of methoxy groups -OCH3 is 2. The van der Waals surface area contributed by atoms with Gasteiger partial charge in [-0.3, -0.25) is 0 Å². The zero-order valence-corrected chi connectivity index (χ0v) is 15.4. The Morgan fingerprint density at radius 2 is 1.96 bits per heavy atom. The normalized spacial score (nSPS) is 22.9. The van der Waals surface area contributed by atoms with Gasteiger partial charge >= 0.3 is 0 Å². The predicted octanol–water partition coefficient (Wildman–Crippen LogP) is 2.06. The van der Waals surface area contributed by atoms with Crippen molar-refractivity contribution in [3.05, 3.63) is 18.2 Å². The smallest absolute Gasteiger partial charge is 0.244 e. The minimum atomic E-state index is -3.76. The largest absolute Gasteiger partial charge is 0.497 e. The van der Waals surface area contributed by atoms with Gasteiger partial charge in [0, 0.05) is 25.5 Å². The molecule has 1 aliphatic heterocycles. The Labute approximate surface area is 148 Å². The maximum atomic E-state index is 12.7. The van der Waals surface area contributed by atoms with Gasteiger partial charge in [0.1, 0.15) is 16.4 Å². The van der Waals surface area contributed by atoms with Crippen molar-refractivity contribution in [2.75, 3.05) is 27.4 Å². The Hall–Kier alpha value is -1.35. The fourth-order valence-corrected chi connectivity index (χ4v) is 4.59. The molecule has 1 saturated carbocycles. The van der Waals surface area contributed by atoms with E-state index in [2.05, 4.69) is 4.72 Å².